The summed E-state index contributed by atoms with van der Waals surface area (Å²) in [7, 11) is 0. The molecular weight excluding hydrogens is 204 g/mol. The Labute approximate surface area is 96.2 Å². The lowest BCUT2D eigenvalue weighted by atomic mass is 9.98. The number of carboxylic acids is 1. The number of rotatable bonds is 6. The van der Waals surface area contributed by atoms with Crippen LogP contribution in [0.15, 0.2) is 35.5 Å². The summed E-state index contributed by atoms with van der Waals surface area (Å²) >= 11 is 0. The van der Waals surface area contributed by atoms with Gasteiger partial charge < -0.3 is 5.11 Å². The van der Waals surface area contributed by atoms with E-state index in [0.29, 0.717) is 12.0 Å². The first kappa shape index (κ1) is 14.4. The smallest absolute Gasteiger partial charge is 0.332 e. The fraction of sp³-hybridized carbons (Fsp3) is 0.385. The van der Waals surface area contributed by atoms with E-state index in [1.165, 1.54) is 6.92 Å². The summed E-state index contributed by atoms with van der Waals surface area (Å²) in [6.45, 7) is 5.06. The molecule has 0 aliphatic rings. The number of carboxylic acid groups (broad SMARTS) is 1. The van der Waals surface area contributed by atoms with Crippen molar-refractivity contribution in [2.45, 2.75) is 33.6 Å². The third kappa shape index (κ3) is 4.73. The van der Waals surface area contributed by atoms with Crippen molar-refractivity contribution in [3.63, 3.8) is 0 Å². The zero-order chi connectivity index (χ0) is 12.6. The minimum absolute atomic E-state index is 0.181. The fourth-order valence-electron chi connectivity index (χ4n) is 1.29. The topological polar surface area (TPSA) is 54.4 Å². The van der Waals surface area contributed by atoms with Crippen molar-refractivity contribution in [1.82, 2.24) is 0 Å². The van der Waals surface area contributed by atoms with Crippen molar-refractivity contribution >= 4 is 11.8 Å². The van der Waals surface area contributed by atoms with Gasteiger partial charge in [0.15, 0.2) is 5.78 Å². The lowest BCUT2D eigenvalue weighted by molar-refractivity contribution is -0.133. The number of hydrogen-bond acceptors (Lipinski definition) is 2. The van der Waals surface area contributed by atoms with Gasteiger partial charge in [-0.15, -0.1) is 0 Å². The van der Waals surface area contributed by atoms with E-state index >= 15 is 0 Å². The molecular formula is C13H18O3. The van der Waals surface area contributed by atoms with Crippen LogP contribution < -0.4 is 0 Å². The molecule has 0 amide bonds. The maximum absolute atomic E-state index is 11.4. The summed E-state index contributed by atoms with van der Waals surface area (Å²) in [6.07, 6.45) is 7.77. The molecule has 0 saturated carbocycles. The number of ketones is 1. The number of allylic oxidation sites excluding steroid dienone is 5. The Bertz CT molecular complexity index is 312. The number of aliphatic carboxylic acids is 1. The molecule has 0 fully saturated rings. The van der Waals surface area contributed by atoms with Gasteiger partial charge in [-0.3, -0.25) is 4.79 Å². The second-order valence-electron chi connectivity index (χ2n) is 3.36. The highest BCUT2D eigenvalue weighted by Crippen LogP contribution is 2.16. The third-order valence-corrected chi connectivity index (χ3v) is 2.16. The van der Waals surface area contributed by atoms with Crippen LogP contribution in [0.25, 0.3) is 0 Å². The maximum atomic E-state index is 11.4. The van der Waals surface area contributed by atoms with Gasteiger partial charge in [-0.1, -0.05) is 24.3 Å². The normalized spacial score (nSPS) is 13.2. The maximum Gasteiger partial charge on any atom is 0.332 e. The Balaban J connectivity index is 5.25. The van der Waals surface area contributed by atoms with E-state index in [-0.39, 0.29) is 17.8 Å². The number of Topliss-reactive ketones (excluding diaryl/α,β-unsaturated/α-hetero) is 1. The van der Waals surface area contributed by atoms with Gasteiger partial charge in [0.05, 0.1) is 0 Å². The first-order valence-electron chi connectivity index (χ1n) is 5.23. The van der Waals surface area contributed by atoms with Gasteiger partial charge in [-0.25, -0.2) is 4.79 Å². The summed E-state index contributed by atoms with van der Waals surface area (Å²) < 4.78 is 0. The van der Waals surface area contributed by atoms with E-state index in [1.807, 2.05) is 13.8 Å². The van der Waals surface area contributed by atoms with Crippen molar-refractivity contribution in [3.05, 3.63) is 35.5 Å². The molecule has 0 saturated heterocycles. The lowest BCUT2D eigenvalue weighted by Crippen LogP contribution is -2.09. The van der Waals surface area contributed by atoms with Crippen LogP contribution in [0.3, 0.4) is 0 Å². The molecule has 0 bridgehead atoms. The average Bonchev–Trinajstić information content (AvgIpc) is 2.21. The van der Waals surface area contributed by atoms with Gasteiger partial charge in [-0.2, -0.15) is 0 Å². The molecule has 3 heteroatoms. The van der Waals surface area contributed by atoms with E-state index in [1.54, 1.807) is 24.3 Å². The molecule has 3 nitrogen and oxygen atoms in total. The molecule has 0 unspecified atom stereocenters. The van der Waals surface area contributed by atoms with Crippen LogP contribution in [0.5, 0.6) is 0 Å². The van der Waals surface area contributed by atoms with E-state index in [2.05, 4.69) is 0 Å². The molecule has 0 atom stereocenters. The van der Waals surface area contributed by atoms with Crippen molar-refractivity contribution in [2.75, 3.05) is 0 Å². The van der Waals surface area contributed by atoms with Crippen LogP contribution >= 0.6 is 0 Å². The Hall–Kier alpha value is -1.64. The minimum Gasteiger partial charge on any atom is -0.478 e. The number of carbonyl (C=O) groups is 2. The third-order valence-electron chi connectivity index (χ3n) is 2.16. The molecule has 0 aliphatic carbocycles. The quantitative estimate of drug-likeness (QED) is 0.555. The molecule has 0 rings (SSSR count). The number of carbonyl (C=O) groups excluding carboxylic acids is 1. The minimum atomic E-state index is -1.02. The van der Waals surface area contributed by atoms with Crippen LogP contribution in [0, 0.1) is 0 Å². The monoisotopic (exact) mass is 222 g/mol. The predicted octanol–water partition coefficient (Wildman–Crippen LogP) is 2.89. The molecule has 0 radical (unpaired) electrons. The van der Waals surface area contributed by atoms with Crippen molar-refractivity contribution in [1.29, 1.82) is 0 Å². The summed E-state index contributed by atoms with van der Waals surface area (Å²) in [5.41, 5.74) is 0.562. The predicted molar refractivity (Wildman–Crippen MR) is 64.2 cm³/mol. The highest BCUT2D eigenvalue weighted by atomic mass is 16.4. The second kappa shape index (κ2) is 7.63. The van der Waals surface area contributed by atoms with Gasteiger partial charge in [-0.05, 0) is 33.6 Å². The summed E-state index contributed by atoms with van der Waals surface area (Å²) in [6, 6.07) is 0. The van der Waals surface area contributed by atoms with Gasteiger partial charge in [0.2, 0.25) is 0 Å². The lowest BCUT2D eigenvalue weighted by Gasteiger charge is -2.06. The molecule has 0 spiro atoms. The van der Waals surface area contributed by atoms with Crippen molar-refractivity contribution in [2.24, 2.45) is 0 Å². The molecule has 0 aromatic carbocycles. The Morgan fingerprint density at radius 3 is 1.75 bits per heavy atom. The first-order valence-corrected chi connectivity index (χ1v) is 5.23. The van der Waals surface area contributed by atoms with Crippen LogP contribution in [0.1, 0.15) is 33.6 Å². The van der Waals surface area contributed by atoms with Crippen molar-refractivity contribution in [3.8, 4) is 0 Å². The highest BCUT2D eigenvalue weighted by Gasteiger charge is 2.15. The van der Waals surface area contributed by atoms with Crippen LogP contribution in [0.4, 0.5) is 0 Å². The highest BCUT2D eigenvalue weighted by molar-refractivity contribution is 6.02. The molecule has 1 N–H and O–H groups in total. The second-order valence-corrected chi connectivity index (χ2v) is 3.36. The molecule has 88 valence electrons. The van der Waals surface area contributed by atoms with Gasteiger partial charge in [0.1, 0.15) is 0 Å². The van der Waals surface area contributed by atoms with Gasteiger partial charge in [0.25, 0.3) is 0 Å². The molecule has 0 aliphatic heterocycles. The molecule has 16 heavy (non-hydrogen) atoms. The van der Waals surface area contributed by atoms with Gasteiger partial charge >= 0.3 is 5.97 Å². The first-order chi connectivity index (χ1) is 7.54. The van der Waals surface area contributed by atoms with Crippen molar-refractivity contribution < 1.29 is 14.7 Å². The molecule has 0 aromatic heterocycles. The van der Waals surface area contributed by atoms with E-state index in [4.69, 9.17) is 5.11 Å². The Kier molecular flexibility index (Phi) is 6.84. The van der Waals surface area contributed by atoms with Crippen LogP contribution in [-0.2, 0) is 9.59 Å². The fourth-order valence-corrected chi connectivity index (χ4v) is 1.29. The van der Waals surface area contributed by atoms with E-state index in [9.17, 15) is 9.59 Å². The Morgan fingerprint density at radius 1 is 1.00 bits per heavy atom. The summed E-state index contributed by atoms with van der Waals surface area (Å²) in [4.78, 5) is 22.4. The average molecular weight is 222 g/mol. The number of hydrogen-bond donors (Lipinski definition) is 1. The SMILES string of the molecule is C/C=C\C/C(C(C)=O)=C(\C/C=C\C)C(=O)O. The zero-order valence-electron chi connectivity index (χ0n) is 9.99. The Morgan fingerprint density at radius 2 is 1.44 bits per heavy atom. The van der Waals surface area contributed by atoms with Crippen LogP contribution in [0.2, 0.25) is 0 Å². The molecule has 0 aromatic rings. The van der Waals surface area contributed by atoms with E-state index in [0.717, 1.165) is 0 Å². The van der Waals surface area contributed by atoms with Gasteiger partial charge in [0, 0.05) is 11.1 Å². The summed E-state index contributed by atoms with van der Waals surface area (Å²) in [5.74, 6) is -1.20. The largest absolute Gasteiger partial charge is 0.478 e. The standard InChI is InChI=1S/C13H18O3/c1-4-6-8-11(10(3)14)12(13(15)16)9-7-5-2/h4-7H,8-9H2,1-3H3,(H,15,16)/b6-4-,7-5-,12-11-. The zero-order valence-corrected chi connectivity index (χ0v) is 9.99. The van der Waals surface area contributed by atoms with Crippen LogP contribution in [-0.4, -0.2) is 16.9 Å². The molecule has 0 heterocycles. The summed E-state index contributed by atoms with van der Waals surface area (Å²) in [5, 5.41) is 9.05. The van der Waals surface area contributed by atoms with E-state index < -0.39 is 5.97 Å².